The number of nitrogens with zero attached hydrogens (tertiary/aromatic N) is 1. The van der Waals surface area contributed by atoms with Crippen molar-refractivity contribution in [3.8, 4) is 11.3 Å². The van der Waals surface area contributed by atoms with Crippen LogP contribution in [0.1, 0.15) is 16.7 Å². The molecule has 2 aromatic carbocycles. The van der Waals surface area contributed by atoms with E-state index in [1.54, 1.807) is 18.3 Å². The van der Waals surface area contributed by atoms with Crippen LogP contribution in [0.25, 0.3) is 11.3 Å². The summed E-state index contributed by atoms with van der Waals surface area (Å²) in [5.74, 6) is -0.316. The van der Waals surface area contributed by atoms with Crippen molar-refractivity contribution >= 4 is 5.91 Å². The molecule has 3 aromatic rings. The van der Waals surface area contributed by atoms with Crippen LogP contribution in [-0.2, 0) is 17.8 Å². The molecule has 0 spiro atoms. The fourth-order valence-corrected chi connectivity index (χ4v) is 2.59. The molecule has 1 amide bonds. The highest BCUT2D eigenvalue weighted by Gasteiger charge is 2.05. The number of rotatable bonds is 5. The van der Waals surface area contributed by atoms with Crippen LogP contribution in [-0.4, -0.2) is 10.9 Å². The number of pyridine rings is 1. The summed E-state index contributed by atoms with van der Waals surface area (Å²) in [5.41, 5.74) is 4.69. The van der Waals surface area contributed by atoms with Crippen LogP contribution in [0.2, 0.25) is 0 Å². The number of hydrogen-bond acceptors (Lipinski definition) is 2. The van der Waals surface area contributed by atoms with Gasteiger partial charge in [0, 0.05) is 18.3 Å². The first-order valence-electron chi connectivity index (χ1n) is 8.13. The Bertz CT molecular complexity index is 858. The van der Waals surface area contributed by atoms with Crippen molar-refractivity contribution in [3.05, 3.63) is 89.4 Å². The summed E-state index contributed by atoms with van der Waals surface area (Å²) in [5, 5.41) is 2.92. The zero-order chi connectivity index (χ0) is 17.6. The molecule has 1 heterocycles. The van der Waals surface area contributed by atoms with Gasteiger partial charge in [-0.1, -0.05) is 35.9 Å². The van der Waals surface area contributed by atoms with Crippen molar-refractivity contribution in [2.45, 2.75) is 19.9 Å². The second-order valence-corrected chi connectivity index (χ2v) is 6.00. The monoisotopic (exact) mass is 334 g/mol. The fraction of sp³-hybridized carbons (Fsp3) is 0.143. The summed E-state index contributed by atoms with van der Waals surface area (Å²) in [4.78, 5) is 16.4. The van der Waals surface area contributed by atoms with Gasteiger partial charge in [0.1, 0.15) is 5.82 Å². The van der Waals surface area contributed by atoms with Gasteiger partial charge in [0.05, 0.1) is 12.1 Å². The summed E-state index contributed by atoms with van der Waals surface area (Å²) in [6.07, 6.45) is 1.97. The molecule has 0 atom stereocenters. The van der Waals surface area contributed by atoms with Crippen molar-refractivity contribution in [1.29, 1.82) is 0 Å². The van der Waals surface area contributed by atoms with Crippen molar-refractivity contribution in [1.82, 2.24) is 10.3 Å². The van der Waals surface area contributed by atoms with Crippen molar-refractivity contribution in [3.63, 3.8) is 0 Å². The van der Waals surface area contributed by atoms with Crippen LogP contribution in [0.5, 0.6) is 0 Å². The maximum absolute atomic E-state index is 13.0. The third-order valence-electron chi connectivity index (χ3n) is 3.90. The van der Waals surface area contributed by atoms with Gasteiger partial charge >= 0.3 is 0 Å². The average Bonchev–Trinajstić information content (AvgIpc) is 2.62. The molecule has 0 aliphatic rings. The summed E-state index contributed by atoms with van der Waals surface area (Å²) < 4.78 is 13.0. The molecule has 0 bridgehead atoms. The zero-order valence-corrected chi connectivity index (χ0v) is 14.0. The largest absolute Gasteiger partial charge is 0.352 e. The Morgan fingerprint density at radius 3 is 2.52 bits per heavy atom. The number of amides is 1. The van der Waals surface area contributed by atoms with Gasteiger partial charge in [-0.25, -0.2) is 4.39 Å². The van der Waals surface area contributed by atoms with Crippen LogP contribution >= 0.6 is 0 Å². The predicted octanol–water partition coefficient (Wildman–Crippen LogP) is 4.06. The molecule has 0 aliphatic carbocycles. The van der Waals surface area contributed by atoms with Crippen molar-refractivity contribution < 1.29 is 9.18 Å². The third kappa shape index (κ3) is 4.73. The van der Waals surface area contributed by atoms with Gasteiger partial charge in [0.2, 0.25) is 5.91 Å². The van der Waals surface area contributed by atoms with Crippen LogP contribution in [0.4, 0.5) is 4.39 Å². The zero-order valence-electron chi connectivity index (χ0n) is 14.0. The molecule has 25 heavy (non-hydrogen) atoms. The van der Waals surface area contributed by atoms with Crippen LogP contribution in [0.15, 0.2) is 66.9 Å². The van der Waals surface area contributed by atoms with E-state index < -0.39 is 0 Å². The third-order valence-corrected chi connectivity index (χ3v) is 3.90. The van der Waals surface area contributed by atoms with E-state index in [1.807, 2.05) is 37.3 Å². The Labute approximate surface area is 146 Å². The number of halogens is 1. The van der Waals surface area contributed by atoms with Crippen LogP contribution in [0.3, 0.4) is 0 Å². The summed E-state index contributed by atoms with van der Waals surface area (Å²) >= 11 is 0. The normalized spacial score (nSPS) is 10.5. The standard InChI is InChI=1S/C21H19FN2O/c1-15-3-2-4-16(11-15)14-24-21(25)12-17-5-10-20(23-13-17)18-6-8-19(22)9-7-18/h2-11,13H,12,14H2,1H3,(H,24,25). The minimum Gasteiger partial charge on any atom is -0.352 e. The van der Waals surface area contributed by atoms with Gasteiger partial charge in [-0.15, -0.1) is 0 Å². The molecule has 0 saturated heterocycles. The molecule has 0 aliphatic heterocycles. The highest BCUT2D eigenvalue weighted by molar-refractivity contribution is 5.78. The molecule has 0 fully saturated rings. The second kappa shape index (κ2) is 7.71. The average molecular weight is 334 g/mol. The minimum absolute atomic E-state index is 0.0437. The van der Waals surface area contributed by atoms with E-state index in [9.17, 15) is 9.18 Å². The Morgan fingerprint density at radius 2 is 1.84 bits per heavy atom. The Hall–Kier alpha value is -3.01. The first-order valence-corrected chi connectivity index (χ1v) is 8.13. The van der Waals surface area contributed by atoms with E-state index in [-0.39, 0.29) is 18.1 Å². The molecular weight excluding hydrogens is 315 g/mol. The molecule has 1 N–H and O–H groups in total. The van der Waals surface area contributed by atoms with Gasteiger partial charge in [0.15, 0.2) is 0 Å². The van der Waals surface area contributed by atoms with Crippen molar-refractivity contribution in [2.75, 3.05) is 0 Å². The summed E-state index contributed by atoms with van der Waals surface area (Å²) in [7, 11) is 0. The molecule has 4 heteroatoms. The van der Waals surface area contributed by atoms with Crippen molar-refractivity contribution in [2.24, 2.45) is 0 Å². The number of nitrogens with one attached hydrogen (secondary N) is 1. The highest BCUT2D eigenvalue weighted by Crippen LogP contribution is 2.17. The Morgan fingerprint density at radius 1 is 1.04 bits per heavy atom. The van der Waals surface area contributed by atoms with E-state index in [4.69, 9.17) is 0 Å². The maximum atomic E-state index is 13.0. The fourth-order valence-electron chi connectivity index (χ4n) is 2.59. The molecule has 0 unspecified atom stereocenters. The number of hydrogen-bond donors (Lipinski definition) is 1. The first kappa shape index (κ1) is 16.8. The maximum Gasteiger partial charge on any atom is 0.224 e. The van der Waals surface area contributed by atoms with E-state index in [1.165, 1.54) is 17.7 Å². The first-order chi connectivity index (χ1) is 12.1. The van der Waals surface area contributed by atoms with Gasteiger partial charge < -0.3 is 5.32 Å². The number of carbonyl (C=O) groups excluding carboxylic acids is 1. The number of aromatic nitrogens is 1. The van der Waals surface area contributed by atoms with E-state index in [0.29, 0.717) is 6.54 Å². The van der Waals surface area contributed by atoms with Crippen LogP contribution < -0.4 is 5.32 Å². The second-order valence-electron chi connectivity index (χ2n) is 6.00. The van der Waals surface area contributed by atoms with Crippen LogP contribution in [0, 0.1) is 12.7 Å². The smallest absolute Gasteiger partial charge is 0.224 e. The molecular formula is C21H19FN2O. The predicted molar refractivity (Wildman–Crippen MR) is 96.4 cm³/mol. The van der Waals surface area contributed by atoms with E-state index in [2.05, 4.69) is 16.4 Å². The lowest BCUT2D eigenvalue weighted by Crippen LogP contribution is -2.24. The highest BCUT2D eigenvalue weighted by atomic mass is 19.1. The topological polar surface area (TPSA) is 42.0 Å². The SMILES string of the molecule is Cc1cccc(CNC(=O)Cc2ccc(-c3ccc(F)cc3)nc2)c1. The van der Waals surface area contributed by atoms with E-state index in [0.717, 1.165) is 22.4 Å². The van der Waals surface area contributed by atoms with E-state index >= 15 is 0 Å². The summed E-state index contributed by atoms with van der Waals surface area (Å²) in [6.45, 7) is 2.54. The Kier molecular flexibility index (Phi) is 5.19. The van der Waals surface area contributed by atoms with Gasteiger partial charge in [-0.2, -0.15) is 0 Å². The lowest BCUT2D eigenvalue weighted by atomic mass is 10.1. The minimum atomic E-state index is -0.273. The number of aryl methyl sites for hydroxylation is 1. The molecule has 1 aromatic heterocycles. The van der Waals surface area contributed by atoms with Gasteiger partial charge in [0.25, 0.3) is 0 Å². The number of carbonyl (C=O) groups is 1. The quantitative estimate of drug-likeness (QED) is 0.765. The van der Waals surface area contributed by atoms with Gasteiger partial charge in [-0.05, 0) is 48.4 Å². The molecule has 0 saturated carbocycles. The Balaban J connectivity index is 1.57. The molecule has 3 nitrogen and oxygen atoms in total. The lowest BCUT2D eigenvalue weighted by Gasteiger charge is -2.07. The number of benzene rings is 2. The molecule has 0 radical (unpaired) electrons. The van der Waals surface area contributed by atoms with Gasteiger partial charge in [-0.3, -0.25) is 9.78 Å². The summed E-state index contributed by atoms with van der Waals surface area (Å²) in [6, 6.07) is 18.0. The molecule has 3 rings (SSSR count). The molecule has 126 valence electrons. The lowest BCUT2D eigenvalue weighted by molar-refractivity contribution is -0.120.